The number of amides is 1. The molecule has 0 saturated heterocycles. The Balaban J connectivity index is 1.89. The van der Waals surface area contributed by atoms with E-state index in [4.69, 9.17) is 11.6 Å². The molecule has 0 aliphatic carbocycles. The highest BCUT2D eigenvalue weighted by molar-refractivity contribution is 6.30. The van der Waals surface area contributed by atoms with Gasteiger partial charge in [0.25, 0.3) is 5.91 Å². The minimum absolute atomic E-state index is 0.172. The zero-order chi connectivity index (χ0) is 15.9. The van der Waals surface area contributed by atoms with Gasteiger partial charge in [-0.25, -0.2) is 0 Å². The van der Waals surface area contributed by atoms with Crippen molar-refractivity contribution in [2.24, 2.45) is 0 Å². The first kappa shape index (κ1) is 16.3. The molecule has 1 amide bonds. The number of benzene rings is 1. The molecule has 0 bridgehead atoms. The van der Waals surface area contributed by atoms with Crippen LogP contribution in [0.25, 0.3) is 0 Å². The molecule has 0 fully saturated rings. The van der Waals surface area contributed by atoms with Crippen LogP contribution in [0.4, 0.5) is 5.69 Å². The fourth-order valence-electron chi connectivity index (χ4n) is 2.08. The maximum Gasteiger partial charge on any atom is 0.269 e. The van der Waals surface area contributed by atoms with Gasteiger partial charge in [-0.2, -0.15) is 0 Å². The predicted molar refractivity (Wildman–Crippen MR) is 90.5 cm³/mol. The van der Waals surface area contributed by atoms with E-state index >= 15 is 0 Å². The van der Waals surface area contributed by atoms with Gasteiger partial charge in [-0.3, -0.25) is 9.78 Å². The molecule has 0 saturated carbocycles. The zero-order valence-electron chi connectivity index (χ0n) is 12.8. The second-order valence-corrected chi connectivity index (χ2v) is 5.80. The molecule has 0 atom stereocenters. The molecule has 4 nitrogen and oxygen atoms in total. The van der Waals surface area contributed by atoms with Gasteiger partial charge in [0.15, 0.2) is 0 Å². The molecular formula is C17H20ClN3O. The third-order valence-electron chi connectivity index (χ3n) is 3.04. The zero-order valence-corrected chi connectivity index (χ0v) is 13.5. The Labute approximate surface area is 135 Å². The average Bonchev–Trinajstić information content (AvgIpc) is 2.47. The summed E-state index contributed by atoms with van der Waals surface area (Å²) in [4.78, 5) is 16.2. The lowest BCUT2D eigenvalue weighted by Crippen LogP contribution is -2.26. The number of aromatic nitrogens is 1. The van der Waals surface area contributed by atoms with Gasteiger partial charge in [-0.1, -0.05) is 23.7 Å². The summed E-state index contributed by atoms with van der Waals surface area (Å²) in [6.07, 6.45) is 2.37. The average molecular weight is 318 g/mol. The molecule has 116 valence electrons. The molecule has 1 heterocycles. The van der Waals surface area contributed by atoms with Crippen molar-refractivity contribution in [2.75, 3.05) is 11.9 Å². The highest BCUT2D eigenvalue weighted by Gasteiger charge is 2.08. The third-order valence-corrected chi connectivity index (χ3v) is 3.27. The summed E-state index contributed by atoms with van der Waals surface area (Å²) in [6.45, 7) is 4.64. The number of pyridine rings is 1. The number of rotatable bonds is 6. The van der Waals surface area contributed by atoms with E-state index in [1.54, 1.807) is 12.3 Å². The van der Waals surface area contributed by atoms with Gasteiger partial charge in [-0.15, -0.1) is 0 Å². The minimum Gasteiger partial charge on any atom is -0.383 e. The van der Waals surface area contributed by atoms with Gasteiger partial charge in [-0.05, 0) is 50.1 Å². The van der Waals surface area contributed by atoms with Crippen LogP contribution in [0.15, 0.2) is 42.6 Å². The number of hydrogen-bond donors (Lipinski definition) is 2. The van der Waals surface area contributed by atoms with Crippen molar-refractivity contribution >= 4 is 23.2 Å². The fourth-order valence-corrected chi connectivity index (χ4v) is 2.29. The van der Waals surface area contributed by atoms with E-state index in [1.165, 1.54) is 0 Å². The highest BCUT2D eigenvalue weighted by Crippen LogP contribution is 2.11. The molecule has 5 heteroatoms. The second-order valence-electron chi connectivity index (χ2n) is 5.36. The monoisotopic (exact) mass is 317 g/mol. The number of halogens is 1. The van der Waals surface area contributed by atoms with Crippen LogP contribution in [0, 0.1) is 0 Å². The summed E-state index contributed by atoms with van der Waals surface area (Å²) in [6, 6.07) is 11.5. The lowest BCUT2D eigenvalue weighted by atomic mass is 10.1. The highest BCUT2D eigenvalue weighted by atomic mass is 35.5. The normalized spacial score (nSPS) is 10.5. The number of nitrogens with one attached hydrogen (secondary N) is 2. The topological polar surface area (TPSA) is 54.0 Å². The number of carbonyl (C=O) groups is 1. The van der Waals surface area contributed by atoms with Crippen molar-refractivity contribution in [3.8, 4) is 0 Å². The fraction of sp³-hybridized carbons (Fsp3) is 0.294. The molecule has 1 aromatic heterocycles. The summed E-state index contributed by atoms with van der Waals surface area (Å²) in [5.41, 5.74) is 2.40. The van der Waals surface area contributed by atoms with Crippen molar-refractivity contribution in [1.29, 1.82) is 0 Å². The van der Waals surface area contributed by atoms with Crippen molar-refractivity contribution < 1.29 is 4.79 Å². The molecule has 0 unspecified atom stereocenters. The van der Waals surface area contributed by atoms with Crippen LogP contribution in [0.2, 0.25) is 5.02 Å². The van der Waals surface area contributed by atoms with Gasteiger partial charge >= 0.3 is 0 Å². The first-order chi connectivity index (χ1) is 10.5. The van der Waals surface area contributed by atoms with Gasteiger partial charge in [0.1, 0.15) is 5.69 Å². The van der Waals surface area contributed by atoms with Gasteiger partial charge in [0, 0.05) is 29.5 Å². The van der Waals surface area contributed by atoms with Crippen LogP contribution in [0.1, 0.15) is 29.9 Å². The van der Waals surface area contributed by atoms with E-state index in [2.05, 4.69) is 15.6 Å². The number of carbonyl (C=O) groups excluding carboxylic acids is 1. The smallest absolute Gasteiger partial charge is 0.269 e. The van der Waals surface area contributed by atoms with Crippen molar-refractivity contribution in [3.05, 3.63) is 58.9 Å². The summed E-state index contributed by atoms with van der Waals surface area (Å²) >= 11 is 5.94. The summed E-state index contributed by atoms with van der Waals surface area (Å²) < 4.78 is 0. The molecular weight excluding hydrogens is 298 g/mol. The molecule has 0 radical (unpaired) electrons. The first-order valence-electron chi connectivity index (χ1n) is 7.30. The van der Waals surface area contributed by atoms with Crippen LogP contribution in [0.3, 0.4) is 0 Å². The maximum atomic E-state index is 12.1. The van der Waals surface area contributed by atoms with Crippen LogP contribution in [-0.4, -0.2) is 23.5 Å². The van der Waals surface area contributed by atoms with E-state index in [0.717, 1.165) is 17.7 Å². The molecule has 0 aliphatic heterocycles. The van der Waals surface area contributed by atoms with Crippen LogP contribution >= 0.6 is 11.6 Å². The molecule has 2 aromatic rings. The van der Waals surface area contributed by atoms with Crippen molar-refractivity contribution in [1.82, 2.24) is 10.3 Å². The molecule has 0 aliphatic rings. The maximum absolute atomic E-state index is 12.1. The first-order valence-corrected chi connectivity index (χ1v) is 7.67. The Kier molecular flexibility index (Phi) is 5.78. The summed E-state index contributed by atoms with van der Waals surface area (Å²) in [7, 11) is 0. The minimum atomic E-state index is -0.172. The van der Waals surface area contributed by atoms with Gasteiger partial charge < -0.3 is 10.6 Å². The van der Waals surface area contributed by atoms with Crippen molar-refractivity contribution in [2.45, 2.75) is 26.3 Å². The third kappa shape index (κ3) is 5.04. The lowest BCUT2D eigenvalue weighted by molar-refractivity contribution is 0.0949. The number of anilines is 1. The van der Waals surface area contributed by atoms with E-state index in [-0.39, 0.29) is 5.91 Å². The standard InChI is InChI=1S/C17H20ClN3O/c1-12(2)21-15-7-9-19-16(11-15)17(22)20-8-6-13-4-3-5-14(18)10-13/h3-5,7,9-12H,6,8H2,1-2H3,(H,19,21)(H,20,22). The Morgan fingerprint density at radius 2 is 2.09 bits per heavy atom. The van der Waals surface area contributed by atoms with Gasteiger partial charge in [0.05, 0.1) is 0 Å². The van der Waals surface area contributed by atoms with Crippen LogP contribution in [-0.2, 0) is 6.42 Å². The Morgan fingerprint density at radius 3 is 2.82 bits per heavy atom. The Hall–Kier alpha value is -2.07. The predicted octanol–water partition coefficient (Wildman–Crippen LogP) is 3.53. The number of hydrogen-bond acceptors (Lipinski definition) is 3. The van der Waals surface area contributed by atoms with Crippen LogP contribution < -0.4 is 10.6 Å². The summed E-state index contributed by atoms with van der Waals surface area (Å²) in [5.74, 6) is -0.172. The van der Waals surface area contributed by atoms with E-state index in [1.807, 2.05) is 44.2 Å². The van der Waals surface area contributed by atoms with E-state index in [9.17, 15) is 4.79 Å². The molecule has 2 rings (SSSR count). The summed E-state index contributed by atoms with van der Waals surface area (Å²) in [5, 5.41) is 6.84. The largest absolute Gasteiger partial charge is 0.383 e. The van der Waals surface area contributed by atoms with Gasteiger partial charge in [0.2, 0.25) is 0 Å². The van der Waals surface area contributed by atoms with Crippen LogP contribution in [0.5, 0.6) is 0 Å². The lowest BCUT2D eigenvalue weighted by Gasteiger charge is -2.11. The van der Waals surface area contributed by atoms with E-state index < -0.39 is 0 Å². The van der Waals surface area contributed by atoms with Crippen molar-refractivity contribution in [3.63, 3.8) is 0 Å². The Bertz CT molecular complexity index is 643. The molecule has 2 N–H and O–H groups in total. The molecule has 22 heavy (non-hydrogen) atoms. The quantitative estimate of drug-likeness (QED) is 0.857. The molecule has 0 spiro atoms. The number of nitrogens with zero attached hydrogens (tertiary/aromatic N) is 1. The second kappa shape index (κ2) is 7.80. The van der Waals surface area contributed by atoms with E-state index in [0.29, 0.717) is 23.3 Å². The Morgan fingerprint density at radius 1 is 1.27 bits per heavy atom. The molecule has 1 aromatic carbocycles. The SMILES string of the molecule is CC(C)Nc1ccnc(C(=O)NCCc2cccc(Cl)c2)c1.